The van der Waals surface area contributed by atoms with E-state index < -0.39 is 6.09 Å². The maximum absolute atomic E-state index is 12.7. The number of amides is 2. The second-order valence-corrected chi connectivity index (χ2v) is 10.4. The number of nitrogens with one attached hydrogen (secondary N) is 2. The zero-order chi connectivity index (χ0) is 25.5. The lowest BCUT2D eigenvalue weighted by molar-refractivity contribution is -0.118. The summed E-state index contributed by atoms with van der Waals surface area (Å²) in [6.45, 7) is 0.669. The van der Waals surface area contributed by atoms with Gasteiger partial charge in [-0.05, 0) is 37.8 Å². The van der Waals surface area contributed by atoms with Crippen molar-refractivity contribution in [3.63, 3.8) is 0 Å². The van der Waals surface area contributed by atoms with Crippen molar-refractivity contribution < 1.29 is 14.3 Å². The minimum Gasteiger partial charge on any atom is -0.393 e. The van der Waals surface area contributed by atoms with E-state index in [2.05, 4.69) is 20.6 Å². The van der Waals surface area contributed by atoms with E-state index in [9.17, 15) is 9.59 Å². The molecule has 2 bridgehead atoms. The Balaban J connectivity index is 1.24. The Labute approximate surface area is 215 Å². The van der Waals surface area contributed by atoms with Gasteiger partial charge in [-0.2, -0.15) is 4.98 Å². The van der Waals surface area contributed by atoms with Crippen molar-refractivity contribution in [1.29, 1.82) is 0 Å². The van der Waals surface area contributed by atoms with E-state index in [-0.39, 0.29) is 11.9 Å². The maximum Gasteiger partial charge on any atom is 0.415 e. The van der Waals surface area contributed by atoms with Crippen molar-refractivity contribution in [3.05, 3.63) is 30.6 Å². The first-order valence-corrected chi connectivity index (χ1v) is 13.0. The first kappa shape index (κ1) is 23.7. The molecule has 2 saturated heterocycles. The van der Waals surface area contributed by atoms with E-state index in [1.54, 1.807) is 26.5 Å². The van der Waals surface area contributed by atoms with Gasteiger partial charge in [-0.1, -0.05) is 12.8 Å². The molecule has 0 unspecified atom stereocenters. The summed E-state index contributed by atoms with van der Waals surface area (Å²) in [4.78, 5) is 42.0. The van der Waals surface area contributed by atoms with Gasteiger partial charge in [0.25, 0.3) is 0 Å². The van der Waals surface area contributed by atoms with Crippen LogP contribution in [-0.2, 0) is 4.79 Å². The Hall–Kier alpha value is -3.73. The molecule has 3 fully saturated rings. The van der Waals surface area contributed by atoms with Crippen LogP contribution in [0.1, 0.15) is 51.0 Å². The number of nitrogens with zero attached hydrogens (tertiary/aromatic N) is 6. The molecule has 3 aromatic heterocycles. The summed E-state index contributed by atoms with van der Waals surface area (Å²) >= 11 is 0. The number of pyridine rings is 1. The Morgan fingerprint density at radius 2 is 1.92 bits per heavy atom. The standard InChI is InChI=1S/C26H32N8O3/c1-32(2)26(36)37-23-11-16-13-28-25(31-24(16)34(23)19-5-3-4-6-19)30-21-10-9-20(14-27-21)33-15-18-8-7-17(29-18)12-22(33)35/h9-11,13-14,17-19,29H,3-8,12,15H2,1-2H3,(H,27,28,30,31)/t17-,18+/m1/s1. The van der Waals surface area contributed by atoms with E-state index >= 15 is 0 Å². The average molecular weight is 505 g/mol. The minimum atomic E-state index is -0.427. The molecule has 11 heteroatoms. The highest BCUT2D eigenvalue weighted by Crippen LogP contribution is 2.37. The topological polar surface area (TPSA) is 118 Å². The molecule has 11 nitrogen and oxygen atoms in total. The van der Waals surface area contributed by atoms with Crippen LogP contribution in [0, 0.1) is 0 Å². The van der Waals surface area contributed by atoms with E-state index in [0.717, 1.165) is 55.2 Å². The fourth-order valence-corrected chi connectivity index (χ4v) is 5.65. The number of fused-ring (bicyclic) bond motifs is 3. The van der Waals surface area contributed by atoms with E-state index in [0.29, 0.717) is 42.7 Å². The molecular formula is C26H32N8O3. The van der Waals surface area contributed by atoms with E-state index in [1.807, 2.05) is 27.7 Å². The third-order valence-electron chi connectivity index (χ3n) is 7.55. The Morgan fingerprint density at radius 3 is 2.68 bits per heavy atom. The summed E-state index contributed by atoms with van der Waals surface area (Å²) in [7, 11) is 3.32. The summed E-state index contributed by atoms with van der Waals surface area (Å²) < 4.78 is 7.71. The molecule has 0 spiro atoms. The summed E-state index contributed by atoms with van der Waals surface area (Å²) in [5.41, 5.74) is 1.52. The molecule has 2 amide bonds. The van der Waals surface area contributed by atoms with Crippen molar-refractivity contribution in [2.24, 2.45) is 0 Å². The van der Waals surface area contributed by atoms with Crippen molar-refractivity contribution >= 4 is 40.5 Å². The van der Waals surface area contributed by atoms with E-state index in [1.165, 1.54) is 4.90 Å². The molecule has 37 heavy (non-hydrogen) atoms. The third-order valence-corrected chi connectivity index (χ3v) is 7.55. The Bertz CT molecular complexity index is 1320. The Morgan fingerprint density at radius 1 is 1.11 bits per heavy atom. The average Bonchev–Trinajstić information content (AvgIpc) is 3.60. The predicted molar refractivity (Wildman–Crippen MR) is 139 cm³/mol. The first-order valence-electron chi connectivity index (χ1n) is 13.0. The number of ether oxygens (including phenoxy) is 1. The first-order chi connectivity index (χ1) is 17.9. The number of aromatic nitrogens is 4. The minimum absolute atomic E-state index is 0.134. The molecule has 2 atom stereocenters. The van der Waals surface area contributed by atoms with Crippen LogP contribution in [0.5, 0.6) is 5.88 Å². The molecule has 6 rings (SSSR count). The normalized spacial score (nSPS) is 21.9. The van der Waals surface area contributed by atoms with Crippen LogP contribution >= 0.6 is 0 Å². The van der Waals surface area contributed by atoms with Gasteiger partial charge in [0.05, 0.1) is 11.9 Å². The van der Waals surface area contributed by atoms with Crippen molar-refractivity contribution in [2.75, 3.05) is 30.9 Å². The summed E-state index contributed by atoms with van der Waals surface area (Å²) in [5, 5.41) is 7.53. The molecule has 0 radical (unpaired) electrons. The summed E-state index contributed by atoms with van der Waals surface area (Å²) in [5.74, 6) is 1.61. The molecule has 1 saturated carbocycles. The number of carbonyl (C=O) groups is 2. The van der Waals surface area contributed by atoms with Crippen LogP contribution in [0.15, 0.2) is 30.6 Å². The Kier molecular flexibility index (Phi) is 6.15. The highest BCUT2D eigenvalue weighted by molar-refractivity contribution is 5.94. The SMILES string of the molecule is CN(C)C(=O)Oc1cc2cnc(Nc3ccc(N4C[C@@H]5CC[C@H](CC4=O)N5)cn3)nc2n1C1CCCC1. The lowest BCUT2D eigenvalue weighted by atomic mass is 10.1. The van der Waals surface area contributed by atoms with Gasteiger partial charge in [0.1, 0.15) is 11.5 Å². The van der Waals surface area contributed by atoms with Crippen molar-refractivity contribution in [2.45, 2.75) is 63.1 Å². The molecule has 2 N–H and O–H groups in total. The van der Waals surface area contributed by atoms with Crippen LogP contribution in [0.25, 0.3) is 11.0 Å². The molecular weight excluding hydrogens is 472 g/mol. The van der Waals surface area contributed by atoms with Crippen LogP contribution in [-0.4, -0.2) is 69.1 Å². The number of anilines is 3. The van der Waals surface area contributed by atoms with E-state index in [4.69, 9.17) is 9.72 Å². The molecule has 3 aliphatic rings. The van der Waals surface area contributed by atoms with Crippen LogP contribution in [0.2, 0.25) is 0 Å². The molecule has 194 valence electrons. The number of carbonyl (C=O) groups excluding carboxylic acids is 2. The van der Waals surface area contributed by atoms with Crippen molar-refractivity contribution in [1.82, 2.24) is 29.7 Å². The van der Waals surface area contributed by atoms with Gasteiger partial charge >= 0.3 is 6.09 Å². The van der Waals surface area contributed by atoms with Crippen molar-refractivity contribution in [3.8, 4) is 5.88 Å². The van der Waals surface area contributed by atoms with Gasteiger partial charge in [-0.15, -0.1) is 0 Å². The molecule has 5 heterocycles. The predicted octanol–water partition coefficient (Wildman–Crippen LogP) is 3.60. The zero-order valence-electron chi connectivity index (χ0n) is 21.2. The monoisotopic (exact) mass is 504 g/mol. The van der Waals surface area contributed by atoms with Gasteiger partial charge < -0.3 is 25.2 Å². The second kappa shape index (κ2) is 9.62. The van der Waals surface area contributed by atoms with Crippen LogP contribution in [0.4, 0.5) is 22.2 Å². The van der Waals surface area contributed by atoms with Gasteiger partial charge in [-0.25, -0.2) is 14.8 Å². The van der Waals surface area contributed by atoms with Gasteiger partial charge in [0.2, 0.25) is 17.7 Å². The molecule has 0 aromatic carbocycles. The van der Waals surface area contributed by atoms with Gasteiger partial charge in [0, 0.05) is 62.8 Å². The number of hydrogen-bond acceptors (Lipinski definition) is 8. The van der Waals surface area contributed by atoms with Gasteiger partial charge in [-0.3, -0.25) is 9.36 Å². The second-order valence-electron chi connectivity index (χ2n) is 10.4. The van der Waals surface area contributed by atoms with Crippen LogP contribution in [0.3, 0.4) is 0 Å². The quantitative estimate of drug-likeness (QED) is 0.541. The molecule has 2 aliphatic heterocycles. The fourth-order valence-electron chi connectivity index (χ4n) is 5.65. The third kappa shape index (κ3) is 4.71. The van der Waals surface area contributed by atoms with Crippen LogP contribution < -0.4 is 20.3 Å². The number of rotatable bonds is 5. The lowest BCUT2D eigenvalue weighted by Gasteiger charge is -2.24. The summed E-state index contributed by atoms with van der Waals surface area (Å²) in [6.07, 6.45) is 10.0. The summed E-state index contributed by atoms with van der Waals surface area (Å²) in [6, 6.07) is 6.42. The highest BCUT2D eigenvalue weighted by Gasteiger charge is 2.34. The molecule has 3 aromatic rings. The highest BCUT2D eigenvalue weighted by atomic mass is 16.6. The number of hydrogen-bond donors (Lipinski definition) is 2. The zero-order valence-corrected chi connectivity index (χ0v) is 21.2. The maximum atomic E-state index is 12.7. The fraction of sp³-hybridized carbons (Fsp3) is 0.500. The molecule has 1 aliphatic carbocycles. The van der Waals surface area contributed by atoms with Gasteiger partial charge in [0.15, 0.2) is 0 Å². The smallest absolute Gasteiger partial charge is 0.393 e. The lowest BCUT2D eigenvalue weighted by Crippen LogP contribution is -2.37. The largest absolute Gasteiger partial charge is 0.415 e.